The number of ether oxygens (including phenoxy) is 2. The van der Waals surface area contributed by atoms with Gasteiger partial charge in [-0.25, -0.2) is 12.8 Å². The molecule has 1 N–H and O–H groups in total. The van der Waals surface area contributed by atoms with Crippen LogP contribution in [0.15, 0.2) is 53.4 Å². The number of benzene rings is 2. The first-order chi connectivity index (χ1) is 16.7. The van der Waals surface area contributed by atoms with Crippen LogP contribution in [0.1, 0.15) is 19.4 Å². The molecule has 1 atom stereocenters. The van der Waals surface area contributed by atoms with Crippen molar-refractivity contribution in [1.82, 2.24) is 14.5 Å². The Bertz CT molecular complexity index is 1100. The molecular weight excluding hydrogens is 477 g/mol. The maximum atomic E-state index is 13.3. The molecular formula is C24H30FN3O6S. The smallest absolute Gasteiger partial charge is 0.261 e. The lowest BCUT2D eigenvalue weighted by molar-refractivity contribution is -0.142. The average molecular weight is 508 g/mol. The lowest BCUT2D eigenvalue weighted by atomic mass is 10.1. The molecule has 2 amide bonds. The molecule has 9 nitrogen and oxygen atoms in total. The molecule has 11 heteroatoms. The van der Waals surface area contributed by atoms with Gasteiger partial charge in [-0.2, -0.15) is 4.31 Å². The molecule has 0 bridgehead atoms. The topological polar surface area (TPSA) is 105 Å². The Morgan fingerprint density at radius 1 is 1.11 bits per heavy atom. The van der Waals surface area contributed by atoms with Crippen molar-refractivity contribution in [3.05, 3.63) is 59.9 Å². The summed E-state index contributed by atoms with van der Waals surface area (Å²) >= 11 is 0. The van der Waals surface area contributed by atoms with Gasteiger partial charge in [0.2, 0.25) is 15.9 Å². The zero-order chi connectivity index (χ0) is 25.4. The number of likely N-dealkylation sites (N-methyl/N-ethyl adjacent to an activating group) is 1. The number of halogens is 1. The van der Waals surface area contributed by atoms with Crippen LogP contribution in [0.25, 0.3) is 0 Å². The summed E-state index contributed by atoms with van der Waals surface area (Å²) in [5.41, 5.74) is 0.661. The summed E-state index contributed by atoms with van der Waals surface area (Å²) in [6.45, 7) is 4.83. The molecule has 35 heavy (non-hydrogen) atoms. The minimum atomic E-state index is -3.64. The molecule has 1 heterocycles. The van der Waals surface area contributed by atoms with Crippen LogP contribution in [0.3, 0.4) is 0 Å². The lowest BCUT2D eigenvalue weighted by Gasteiger charge is -2.28. The standard InChI is InChI=1S/C24H30FN3O6S/c1-3-26-24(30)18(2)28(16-19-4-6-20(25)7-5-19)23(29)17-34-21-8-10-22(11-9-21)35(31,32)27-12-14-33-15-13-27/h4-11,18H,3,12-17H2,1-2H3,(H,26,30). The van der Waals surface area contributed by atoms with E-state index < -0.39 is 27.8 Å². The Kier molecular flexibility index (Phi) is 9.19. The largest absolute Gasteiger partial charge is 0.484 e. The molecule has 0 aliphatic carbocycles. The highest BCUT2D eigenvalue weighted by molar-refractivity contribution is 7.89. The van der Waals surface area contributed by atoms with E-state index in [0.717, 1.165) is 0 Å². The maximum Gasteiger partial charge on any atom is 0.261 e. The van der Waals surface area contributed by atoms with Crippen LogP contribution in [-0.4, -0.2) is 74.9 Å². The van der Waals surface area contributed by atoms with E-state index in [1.165, 1.54) is 45.6 Å². The zero-order valence-corrected chi connectivity index (χ0v) is 20.6. The van der Waals surface area contributed by atoms with E-state index in [1.807, 2.05) is 0 Å². The Hall–Kier alpha value is -3.02. The van der Waals surface area contributed by atoms with Crippen LogP contribution in [0.2, 0.25) is 0 Å². The van der Waals surface area contributed by atoms with E-state index in [-0.39, 0.29) is 24.0 Å². The summed E-state index contributed by atoms with van der Waals surface area (Å²) in [5, 5.41) is 2.69. The molecule has 2 aromatic carbocycles. The highest BCUT2D eigenvalue weighted by Gasteiger charge is 2.27. The first-order valence-corrected chi connectivity index (χ1v) is 12.8. The van der Waals surface area contributed by atoms with Gasteiger partial charge in [0.05, 0.1) is 18.1 Å². The van der Waals surface area contributed by atoms with Crippen molar-refractivity contribution in [1.29, 1.82) is 0 Å². The number of amides is 2. The van der Waals surface area contributed by atoms with Crippen LogP contribution >= 0.6 is 0 Å². The van der Waals surface area contributed by atoms with Crippen molar-refractivity contribution in [2.45, 2.75) is 31.3 Å². The second-order valence-corrected chi connectivity index (χ2v) is 9.93. The summed E-state index contributed by atoms with van der Waals surface area (Å²) in [6, 6.07) is 10.7. The fourth-order valence-corrected chi connectivity index (χ4v) is 4.97. The fraction of sp³-hybridized carbons (Fsp3) is 0.417. The molecule has 0 saturated carbocycles. The van der Waals surface area contributed by atoms with Gasteiger partial charge in [-0.3, -0.25) is 9.59 Å². The third kappa shape index (κ3) is 7.00. The van der Waals surface area contributed by atoms with Crippen LogP contribution in [0.4, 0.5) is 4.39 Å². The van der Waals surface area contributed by atoms with E-state index in [4.69, 9.17) is 9.47 Å². The number of hydrogen-bond donors (Lipinski definition) is 1. The number of nitrogens with one attached hydrogen (secondary N) is 1. The lowest BCUT2D eigenvalue weighted by Crippen LogP contribution is -2.49. The van der Waals surface area contributed by atoms with E-state index in [9.17, 15) is 22.4 Å². The van der Waals surface area contributed by atoms with Crippen molar-refractivity contribution < 1.29 is 31.9 Å². The Morgan fingerprint density at radius 2 is 1.74 bits per heavy atom. The first-order valence-electron chi connectivity index (χ1n) is 11.3. The average Bonchev–Trinajstić information content (AvgIpc) is 2.87. The molecule has 1 saturated heterocycles. The summed E-state index contributed by atoms with van der Waals surface area (Å²) in [5.74, 6) is -0.851. The second kappa shape index (κ2) is 12.1. The normalized spacial score (nSPS) is 15.3. The van der Waals surface area contributed by atoms with Gasteiger partial charge in [-0.1, -0.05) is 12.1 Å². The number of hydrogen-bond acceptors (Lipinski definition) is 6. The van der Waals surface area contributed by atoms with Gasteiger partial charge in [-0.05, 0) is 55.8 Å². The van der Waals surface area contributed by atoms with E-state index in [0.29, 0.717) is 44.2 Å². The third-order valence-electron chi connectivity index (χ3n) is 5.58. The third-order valence-corrected chi connectivity index (χ3v) is 7.49. The highest BCUT2D eigenvalue weighted by Crippen LogP contribution is 2.21. The van der Waals surface area contributed by atoms with Gasteiger partial charge in [0.1, 0.15) is 17.6 Å². The van der Waals surface area contributed by atoms with Crippen LogP contribution in [0.5, 0.6) is 5.75 Å². The Labute approximate surface area is 204 Å². The maximum absolute atomic E-state index is 13.3. The van der Waals surface area contributed by atoms with E-state index in [2.05, 4.69) is 5.32 Å². The molecule has 190 valence electrons. The predicted octanol–water partition coefficient (Wildman–Crippen LogP) is 1.78. The number of carbonyl (C=O) groups excluding carboxylic acids is 2. The van der Waals surface area contributed by atoms with Crippen LogP contribution < -0.4 is 10.1 Å². The number of rotatable bonds is 10. The summed E-state index contributed by atoms with van der Waals surface area (Å²) in [6.07, 6.45) is 0. The van der Waals surface area contributed by atoms with Gasteiger partial charge < -0.3 is 19.7 Å². The molecule has 3 rings (SSSR count). The van der Waals surface area contributed by atoms with E-state index in [1.54, 1.807) is 26.0 Å². The number of sulfonamides is 1. The molecule has 0 aromatic heterocycles. The predicted molar refractivity (Wildman–Crippen MR) is 127 cm³/mol. The zero-order valence-electron chi connectivity index (χ0n) is 19.8. The molecule has 1 aliphatic rings. The van der Waals surface area contributed by atoms with Gasteiger partial charge >= 0.3 is 0 Å². The Morgan fingerprint density at radius 3 is 2.34 bits per heavy atom. The second-order valence-electron chi connectivity index (χ2n) is 8.00. The summed E-state index contributed by atoms with van der Waals surface area (Å²) in [4.78, 5) is 26.9. The molecule has 2 aromatic rings. The molecule has 1 aliphatic heterocycles. The van der Waals surface area contributed by atoms with Gasteiger partial charge in [0, 0.05) is 26.2 Å². The summed E-state index contributed by atoms with van der Waals surface area (Å²) in [7, 11) is -3.64. The van der Waals surface area contributed by atoms with Gasteiger partial charge in [0.15, 0.2) is 6.61 Å². The Balaban J connectivity index is 1.67. The minimum absolute atomic E-state index is 0.0947. The van der Waals surface area contributed by atoms with Crippen molar-refractivity contribution in [2.75, 3.05) is 39.5 Å². The van der Waals surface area contributed by atoms with Crippen molar-refractivity contribution in [2.24, 2.45) is 0 Å². The highest BCUT2D eigenvalue weighted by atomic mass is 32.2. The quantitative estimate of drug-likeness (QED) is 0.526. The van der Waals surface area contributed by atoms with Crippen molar-refractivity contribution in [3.63, 3.8) is 0 Å². The monoisotopic (exact) mass is 507 g/mol. The van der Waals surface area contributed by atoms with Gasteiger partial charge in [0.25, 0.3) is 5.91 Å². The molecule has 1 fully saturated rings. The van der Waals surface area contributed by atoms with Crippen LogP contribution in [-0.2, 0) is 30.9 Å². The number of nitrogens with zero attached hydrogens (tertiary/aromatic N) is 2. The molecule has 1 unspecified atom stereocenters. The minimum Gasteiger partial charge on any atom is -0.484 e. The number of morpholine rings is 1. The van der Waals surface area contributed by atoms with Crippen molar-refractivity contribution >= 4 is 21.8 Å². The first kappa shape index (κ1) is 26.6. The van der Waals surface area contributed by atoms with Crippen molar-refractivity contribution in [3.8, 4) is 5.75 Å². The molecule has 0 spiro atoms. The summed E-state index contributed by atoms with van der Waals surface area (Å²) < 4.78 is 50.9. The number of carbonyl (C=O) groups is 2. The van der Waals surface area contributed by atoms with Gasteiger partial charge in [-0.15, -0.1) is 0 Å². The molecule has 0 radical (unpaired) electrons. The van der Waals surface area contributed by atoms with Crippen LogP contribution in [0, 0.1) is 5.82 Å². The fourth-order valence-electron chi connectivity index (χ4n) is 3.56. The SMILES string of the molecule is CCNC(=O)C(C)N(Cc1ccc(F)cc1)C(=O)COc1ccc(S(=O)(=O)N2CCOCC2)cc1. The van der Waals surface area contributed by atoms with E-state index >= 15 is 0 Å².